The SMILES string of the molecule is CC(=O)OCC1(C(=O)[O-])CS[C@@H]2C(NC(=O)C(=Cc3ccccc3)c3csc(N)n3)C(=O)N2C1.[Na+]. The van der Waals surface area contributed by atoms with Gasteiger partial charge < -0.3 is 30.6 Å². The molecule has 0 aliphatic carbocycles. The normalized spacial score (nSPS) is 23.4. The molecule has 2 unspecified atom stereocenters. The van der Waals surface area contributed by atoms with Crippen molar-refractivity contribution in [2.24, 2.45) is 5.41 Å². The van der Waals surface area contributed by atoms with Crippen LogP contribution < -0.4 is 45.7 Å². The van der Waals surface area contributed by atoms with E-state index in [-0.39, 0.29) is 54.0 Å². The number of carbonyl (C=O) groups excluding carboxylic acids is 4. The summed E-state index contributed by atoms with van der Waals surface area (Å²) < 4.78 is 4.91. The number of aliphatic carboxylic acids is 1. The van der Waals surface area contributed by atoms with Gasteiger partial charge in [0.05, 0.1) is 22.7 Å². The Bertz CT molecular complexity index is 1170. The van der Waals surface area contributed by atoms with Crippen molar-refractivity contribution in [3.05, 3.63) is 47.0 Å². The van der Waals surface area contributed by atoms with Gasteiger partial charge in [-0.25, -0.2) is 4.98 Å². The number of anilines is 1. The molecule has 1 aromatic heterocycles. The predicted molar refractivity (Wildman–Crippen MR) is 125 cm³/mol. The van der Waals surface area contributed by atoms with Crippen LogP contribution in [-0.4, -0.2) is 64.0 Å². The van der Waals surface area contributed by atoms with Crippen LogP contribution >= 0.6 is 23.1 Å². The van der Waals surface area contributed by atoms with Gasteiger partial charge in [0.15, 0.2) is 5.13 Å². The maximum atomic E-state index is 13.2. The summed E-state index contributed by atoms with van der Waals surface area (Å²) in [5.41, 5.74) is 5.66. The van der Waals surface area contributed by atoms with Gasteiger partial charge in [0.25, 0.3) is 5.91 Å². The summed E-state index contributed by atoms with van der Waals surface area (Å²) in [6.45, 7) is 0.625. The van der Waals surface area contributed by atoms with Crippen molar-refractivity contribution in [3.8, 4) is 0 Å². The third kappa shape index (κ3) is 5.72. The van der Waals surface area contributed by atoms with Crippen molar-refractivity contribution in [2.75, 3.05) is 24.6 Å². The molecular formula is C22H21N4NaO6S2. The monoisotopic (exact) mass is 524 g/mol. The number of rotatable bonds is 7. The second-order valence-electron chi connectivity index (χ2n) is 8.01. The Hall–Kier alpha value is -2.38. The van der Waals surface area contributed by atoms with E-state index in [0.717, 1.165) is 5.56 Å². The Kier molecular flexibility index (Phi) is 8.65. The van der Waals surface area contributed by atoms with Crippen molar-refractivity contribution in [1.29, 1.82) is 0 Å². The second-order valence-corrected chi connectivity index (χ2v) is 10.0. The van der Waals surface area contributed by atoms with Gasteiger partial charge in [-0.15, -0.1) is 23.1 Å². The summed E-state index contributed by atoms with van der Waals surface area (Å²) in [5.74, 6) is -2.86. The van der Waals surface area contributed by atoms with E-state index >= 15 is 0 Å². The quantitative estimate of drug-likeness (QED) is 0.167. The van der Waals surface area contributed by atoms with Crippen molar-refractivity contribution >= 4 is 63.6 Å². The van der Waals surface area contributed by atoms with E-state index in [9.17, 15) is 24.3 Å². The first-order valence-electron chi connectivity index (χ1n) is 10.3. The number of nitrogens with one attached hydrogen (secondary N) is 1. The zero-order valence-electron chi connectivity index (χ0n) is 19.1. The van der Waals surface area contributed by atoms with Crippen LogP contribution in [0.15, 0.2) is 35.7 Å². The number of benzene rings is 1. The van der Waals surface area contributed by atoms with Crippen molar-refractivity contribution in [2.45, 2.75) is 18.3 Å². The molecular weight excluding hydrogens is 503 g/mol. The van der Waals surface area contributed by atoms with Crippen LogP contribution in [0.4, 0.5) is 5.13 Å². The molecule has 1 aromatic carbocycles. The number of nitrogens with two attached hydrogens (primary N) is 1. The second kappa shape index (κ2) is 11.1. The van der Waals surface area contributed by atoms with Crippen molar-refractivity contribution < 1.29 is 58.6 Å². The van der Waals surface area contributed by atoms with Crippen LogP contribution in [0.25, 0.3) is 11.6 Å². The molecule has 3 heterocycles. The summed E-state index contributed by atoms with van der Waals surface area (Å²) >= 11 is 2.39. The summed E-state index contributed by atoms with van der Waals surface area (Å²) in [6.07, 6.45) is 1.67. The average Bonchev–Trinajstić information content (AvgIpc) is 3.25. The van der Waals surface area contributed by atoms with Gasteiger partial charge in [-0.3, -0.25) is 14.4 Å². The van der Waals surface area contributed by atoms with Crippen molar-refractivity contribution in [3.63, 3.8) is 0 Å². The Labute approximate surface area is 231 Å². The van der Waals surface area contributed by atoms with E-state index in [4.69, 9.17) is 10.5 Å². The van der Waals surface area contributed by atoms with Crippen LogP contribution in [0.2, 0.25) is 0 Å². The van der Waals surface area contributed by atoms with Crippen LogP contribution in [0, 0.1) is 5.41 Å². The fraction of sp³-hybridized carbons (Fsp3) is 0.318. The Balaban J connectivity index is 0.00000342. The number of carboxylic acid groups (broad SMARTS) is 1. The van der Waals surface area contributed by atoms with Gasteiger partial charge in [0, 0.05) is 24.6 Å². The molecule has 0 saturated carbocycles. The minimum atomic E-state index is -1.51. The number of hydrogen-bond acceptors (Lipinski definition) is 10. The first-order chi connectivity index (χ1) is 16.2. The fourth-order valence-corrected chi connectivity index (χ4v) is 5.82. The maximum absolute atomic E-state index is 13.2. The molecule has 2 fully saturated rings. The van der Waals surface area contributed by atoms with Crippen LogP contribution in [-0.2, 0) is 23.9 Å². The minimum Gasteiger partial charge on any atom is -0.549 e. The van der Waals surface area contributed by atoms with E-state index in [2.05, 4.69) is 10.3 Å². The largest absolute Gasteiger partial charge is 1.00 e. The molecule has 0 radical (unpaired) electrons. The van der Waals surface area contributed by atoms with Gasteiger partial charge in [-0.1, -0.05) is 30.3 Å². The summed E-state index contributed by atoms with van der Waals surface area (Å²) in [7, 11) is 0. The molecule has 4 rings (SSSR count). The number of esters is 1. The summed E-state index contributed by atoms with van der Waals surface area (Å²) in [5, 5.41) is 16.1. The number of nitrogen functional groups attached to an aromatic ring is 1. The third-order valence-corrected chi connectivity index (χ3v) is 7.83. The van der Waals surface area contributed by atoms with E-state index < -0.39 is 40.6 Å². The third-order valence-electron chi connectivity index (χ3n) is 5.57. The van der Waals surface area contributed by atoms with Gasteiger partial charge >= 0.3 is 35.5 Å². The molecule has 0 bridgehead atoms. The topological polar surface area (TPSA) is 155 Å². The van der Waals surface area contributed by atoms with Crippen molar-refractivity contribution in [1.82, 2.24) is 15.2 Å². The van der Waals surface area contributed by atoms with E-state index in [1.165, 1.54) is 34.9 Å². The molecule has 3 N–H and O–H groups in total. The number of aromatic nitrogens is 1. The van der Waals surface area contributed by atoms with E-state index in [0.29, 0.717) is 10.8 Å². The zero-order chi connectivity index (χ0) is 24.5. The molecule has 178 valence electrons. The summed E-state index contributed by atoms with van der Waals surface area (Å²) in [6, 6.07) is 8.36. The van der Waals surface area contributed by atoms with Gasteiger partial charge in [-0.05, 0) is 11.6 Å². The predicted octanol–water partition coefficient (Wildman–Crippen LogP) is -3.03. The Morgan fingerprint density at radius 2 is 2.06 bits per heavy atom. The molecule has 2 saturated heterocycles. The molecule has 2 aliphatic rings. The number of thioether (sulfide) groups is 1. The molecule has 3 atom stereocenters. The molecule has 2 aliphatic heterocycles. The van der Waals surface area contributed by atoms with Crippen LogP contribution in [0.1, 0.15) is 18.2 Å². The number of carboxylic acids is 1. The first kappa shape index (κ1) is 27.2. The first-order valence-corrected chi connectivity index (χ1v) is 12.2. The number of fused-ring (bicyclic) bond motifs is 1. The Morgan fingerprint density at radius 3 is 2.66 bits per heavy atom. The molecule has 2 amide bonds. The number of hydrogen-bond donors (Lipinski definition) is 2. The van der Waals surface area contributed by atoms with Crippen LogP contribution in [0.5, 0.6) is 0 Å². The maximum Gasteiger partial charge on any atom is 1.00 e. The molecule has 10 nitrogen and oxygen atoms in total. The standard InChI is InChI=1S/C22H22N4O6S2.Na/c1-12(27)32-10-22(20(30)31)9-26-18(29)16(19(26)34-11-22)25-17(28)14(15-8-33-21(23)24-15)7-13-5-3-2-4-6-13;/h2-8,16,19H,9-11H2,1H3,(H2,23,24)(H,25,28)(H,30,31);/q;+1/p-1/t16?,19-,22?;/m1./s1. The minimum absolute atomic E-state index is 0. The zero-order valence-corrected chi connectivity index (χ0v) is 22.7. The van der Waals surface area contributed by atoms with Gasteiger partial charge in [-0.2, -0.15) is 0 Å². The Morgan fingerprint density at radius 1 is 1.34 bits per heavy atom. The number of β-lactam (4-membered cyclic amide) rings is 1. The number of carbonyl (C=O) groups is 4. The molecule has 35 heavy (non-hydrogen) atoms. The number of ether oxygens (including phenoxy) is 1. The molecule has 13 heteroatoms. The van der Waals surface area contributed by atoms with Gasteiger partial charge in [0.2, 0.25) is 5.91 Å². The summed E-state index contributed by atoms with van der Waals surface area (Å²) in [4.78, 5) is 54.6. The fourth-order valence-electron chi connectivity index (χ4n) is 3.74. The van der Waals surface area contributed by atoms with E-state index in [1.54, 1.807) is 11.5 Å². The average molecular weight is 525 g/mol. The molecule has 0 spiro atoms. The molecule has 2 aromatic rings. The van der Waals surface area contributed by atoms with Crippen LogP contribution in [0.3, 0.4) is 0 Å². The van der Waals surface area contributed by atoms with E-state index in [1.807, 2.05) is 30.3 Å². The van der Waals surface area contributed by atoms with Gasteiger partial charge in [0.1, 0.15) is 18.0 Å². The smallest absolute Gasteiger partial charge is 0.549 e. The number of amides is 2. The number of thiazole rings is 1. The number of nitrogens with zero attached hydrogens (tertiary/aromatic N) is 2.